The smallest absolute Gasteiger partial charge is 0.237 e. The molecule has 0 bridgehead atoms. The molecule has 4 nitrogen and oxygen atoms in total. The molecule has 1 N–H and O–H groups in total. The molecule has 128 valence electrons. The third-order valence-corrected chi connectivity index (χ3v) is 4.66. The van der Waals surface area contributed by atoms with Crippen molar-refractivity contribution in [1.82, 2.24) is 10.2 Å². The van der Waals surface area contributed by atoms with Crippen LogP contribution in [-0.2, 0) is 4.79 Å². The Hall–Kier alpha value is -1.55. The third kappa shape index (κ3) is 4.47. The van der Waals surface area contributed by atoms with E-state index in [-0.39, 0.29) is 17.5 Å². The number of hydrogen-bond donors (Lipinski definition) is 1. The van der Waals surface area contributed by atoms with E-state index in [1.54, 1.807) is 0 Å². The van der Waals surface area contributed by atoms with Crippen LogP contribution in [0.4, 0.5) is 5.69 Å². The molecule has 1 aromatic carbocycles. The van der Waals surface area contributed by atoms with Gasteiger partial charge in [0, 0.05) is 37.4 Å². The molecular weight excluding hydrogens is 286 g/mol. The summed E-state index contributed by atoms with van der Waals surface area (Å²) in [4.78, 5) is 17.1. The highest BCUT2D eigenvalue weighted by atomic mass is 16.2. The van der Waals surface area contributed by atoms with Crippen LogP contribution in [0.2, 0.25) is 0 Å². The van der Waals surface area contributed by atoms with E-state index < -0.39 is 0 Å². The lowest BCUT2D eigenvalue weighted by Gasteiger charge is -2.39. The van der Waals surface area contributed by atoms with E-state index in [1.807, 2.05) is 27.7 Å². The van der Waals surface area contributed by atoms with E-state index >= 15 is 0 Å². The van der Waals surface area contributed by atoms with Crippen molar-refractivity contribution < 1.29 is 4.79 Å². The molecule has 23 heavy (non-hydrogen) atoms. The number of carbonyl (C=O) groups excluding carboxylic acids is 1. The molecule has 0 radical (unpaired) electrons. The maximum absolute atomic E-state index is 12.3. The Morgan fingerprint density at radius 3 is 2.30 bits per heavy atom. The molecular formula is C19H31N3O. The van der Waals surface area contributed by atoms with Crippen molar-refractivity contribution in [2.45, 2.75) is 53.1 Å². The summed E-state index contributed by atoms with van der Waals surface area (Å²) in [5.41, 5.74) is 3.85. The first-order valence-electron chi connectivity index (χ1n) is 8.56. The second kappa shape index (κ2) is 6.91. The van der Waals surface area contributed by atoms with E-state index in [2.05, 4.69) is 47.2 Å². The molecule has 1 heterocycles. The van der Waals surface area contributed by atoms with Gasteiger partial charge in [0.05, 0.1) is 6.04 Å². The summed E-state index contributed by atoms with van der Waals surface area (Å²) < 4.78 is 0. The molecule has 0 unspecified atom stereocenters. The molecule has 1 aliphatic rings. The van der Waals surface area contributed by atoms with Crippen LogP contribution in [-0.4, -0.2) is 48.6 Å². The predicted octanol–water partition coefficient (Wildman–Crippen LogP) is 2.73. The van der Waals surface area contributed by atoms with E-state index in [1.165, 1.54) is 16.8 Å². The minimum atomic E-state index is -0.175. The van der Waals surface area contributed by atoms with Gasteiger partial charge in [0.1, 0.15) is 0 Å². The van der Waals surface area contributed by atoms with Gasteiger partial charge in [-0.1, -0.05) is 12.1 Å². The molecule has 1 saturated heterocycles. The highest BCUT2D eigenvalue weighted by Crippen LogP contribution is 2.24. The van der Waals surface area contributed by atoms with Crippen molar-refractivity contribution in [1.29, 1.82) is 0 Å². The minimum absolute atomic E-state index is 0.0741. The maximum Gasteiger partial charge on any atom is 0.237 e. The van der Waals surface area contributed by atoms with Gasteiger partial charge in [-0.25, -0.2) is 0 Å². The summed E-state index contributed by atoms with van der Waals surface area (Å²) in [6.45, 7) is 16.2. The Bertz CT molecular complexity index is 554. The minimum Gasteiger partial charge on any atom is -0.369 e. The van der Waals surface area contributed by atoms with Crippen LogP contribution in [0.25, 0.3) is 0 Å². The zero-order valence-electron chi connectivity index (χ0n) is 15.4. The molecule has 1 aliphatic heterocycles. The Kier molecular flexibility index (Phi) is 5.35. The van der Waals surface area contributed by atoms with Gasteiger partial charge in [-0.15, -0.1) is 0 Å². The van der Waals surface area contributed by atoms with E-state index in [4.69, 9.17) is 0 Å². The monoisotopic (exact) mass is 317 g/mol. The molecule has 0 aliphatic carbocycles. The normalized spacial score (nSPS) is 17.9. The van der Waals surface area contributed by atoms with Crippen molar-refractivity contribution in [3.8, 4) is 0 Å². The van der Waals surface area contributed by atoms with Crippen molar-refractivity contribution >= 4 is 11.6 Å². The first kappa shape index (κ1) is 17.8. The molecule has 1 amide bonds. The van der Waals surface area contributed by atoms with Crippen LogP contribution in [0.15, 0.2) is 18.2 Å². The molecule has 1 atom stereocenters. The number of amides is 1. The van der Waals surface area contributed by atoms with Gasteiger partial charge in [0.15, 0.2) is 0 Å². The fourth-order valence-corrected chi connectivity index (χ4v) is 3.07. The molecule has 4 heteroatoms. The van der Waals surface area contributed by atoms with Crippen LogP contribution in [0.5, 0.6) is 0 Å². The zero-order chi connectivity index (χ0) is 17.2. The Morgan fingerprint density at radius 2 is 1.74 bits per heavy atom. The van der Waals surface area contributed by atoms with Gasteiger partial charge >= 0.3 is 0 Å². The first-order valence-corrected chi connectivity index (χ1v) is 8.56. The molecule has 1 aromatic rings. The molecule has 0 spiro atoms. The lowest BCUT2D eigenvalue weighted by molar-refractivity contribution is -0.127. The second-order valence-corrected chi connectivity index (χ2v) is 7.66. The number of hydrogen-bond acceptors (Lipinski definition) is 3. The summed E-state index contributed by atoms with van der Waals surface area (Å²) in [6.07, 6.45) is 0. The van der Waals surface area contributed by atoms with Crippen molar-refractivity contribution in [2.24, 2.45) is 0 Å². The Morgan fingerprint density at radius 1 is 1.13 bits per heavy atom. The number of piperazine rings is 1. The van der Waals surface area contributed by atoms with Crippen LogP contribution >= 0.6 is 0 Å². The van der Waals surface area contributed by atoms with Crippen molar-refractivity contribution in [3.05, 3.63) is 29.3 Å². The first-order chi connectivity index (χ1) is 10.7. The molecule has 2 rings (SSSR count). The average Bonchev–Trinajstić information content (AvgIpc) is 2.48. The van der Waals surface area contributed by atoms with Crippen molar-refractivity contribution in [3.63, 3.8) is 0 Å². The highest BCUT2D eigenvalue weighted by molar-refractivity contribution is 5.82. The summed E-state index contributed by atoms with van der Waals surface area (Å²) in [6, 6.07) is 6.42. The quantitative estimate of drug-likeness (QED) is 0.931. The predicted molar refractivity (Wildman–Crippen MR) is 97.1 cm³/mol. The van der Waals surface area contributed by atoms with Gasteiger partial charge < -0.3 is 10.2 Å². The molecule has 0 aromatic heterocycles. The van der Waals surface area contributed by atoms with Gasteiger partial charge in [0.2, 0.25) is 5.91 Å². The van der Waals surface area contributed by atoms with Crippen molar-refractivity contribution in [2.75, 3.05) is 31.1 Å². The maximum atomic E-state index is 12.3. The number of nitrogens with zero attached hydrogens (tertiary/aromatic N) is 2. The van der Waals surface area contributed by atoms with Crippen LogP contribution in [0, 0.1) is 13.8 Å². The number of aryl methyl sites for hydroxylation is 1. The van der Waals surface area contributed by atoms with Gasteiger partial charge in [-0.3, -0.25) is 9.69 Å². The SMILES string of the molecule is Cc1cccc(N2CCN([C@H](C)C(=O)NC(C)(C)C)CC2)c1C. The third-order valence-electron chi connectivity index (χ3n) is 4.66. The number of anilines is 1. The van der Waals surface area contributed by atoms with E-state index in [0.29, 0.717) is 0 Å². The van der Waals surface area contributed by atoms with Crippen LogP contribution in [0.3, 0.4) is 0 Å². The topological polar surface area (TPSA) is 35.6 Å². The van der Waals surface area contributed by atoms with E-state index in [9.17, 15) is 4.79 Å². The summed E-state index contributed by atoms with van der Waals surface area (Å²) in [5, 5.41) is 3.08. The lowest BCUT2D eigenvalue weighted by atomic mass is 10.1. The second-order valence-electron chi connectivity index (χ2n) is 7.66. The molecule has 1 fully saturated rings. The Balaban J connectivity index is 1.96. The number of benzene rings is 1. The summed E-state index contributed by atoms with van der Waals surface area (Å²) in [7, 11) is 0. The summed E-state index contributed by atoms with van der Waals surface area (Å²) >= 11 is 0. The van der Waals surface area contributed by atoms with Crippen LogP contribution < -0.4 is 10.2 Å². The fourth-order valence-electron chi connectivity index (χ4n) is 3.07. The standard InChI is InChI=1S/C19H31N3O/c1-14-8-7-9-17(15(14)2)22-12-10-21(11-13-22)16(3)18(23)20-19(4,5)6/h7-9,16H,10-13H2,1-6H3,(H,20,23)/t16-/m1/s1. The van der Waals surface area contributed by atoms with Gasteiger partial charge in [-0.05, 0) is 58.7 Å². The lowest BCUT2D eigenvalue weighted by Crippen LogP contribution is -2.56. The average molecular weight is 317 g/mol. The highest BCUT2D eigenvalue weighted by Gasteiger charge is 2.28. The van der Waals surface area contributed by atoms with Gasteiger partial charge in [-0.2, -0.15) is 0 Å². The molecule has 0 saturated carbocycles. The largest absolute Gasteiger partial charge is 0.369 e. The number of carbonyl (C=O) groups is 1. The zero-order valence-corrected chi connectivity index (χ0v) is 15.4. The fraction of sp³-hybridized carbons (Fsp3) is 0.632. The number of rotatable bonds is 3. The van der Waals surface area contributed by atoms with E-state index in [0.717, 1.165) is 26.2 Å². The summed E-state index contributed by atoms with van der Waals surface area (Å²) in [5.74, 6) is 0.123. The van der Waals surface area contributed by atoms with Crippen LogP contribution in [0.1, 0.15) is 38.8 Å². The van der Waals surface area contributed by atoms with Gasteiger partial charge in [0.25, 0.3) is 0 Å². The number of nitrogens with one attached hydrogen (secondary N) is 1. The Labute approximate surface area is 140 Å².